The molecule has 1 heterocycles. The zero-order valence-electron chi connectivity index (χ0n) is 15.4. The van der Waals surface area contributed by atoms with Gasteiger partial charge in [0.2, 0.25) is 0 Å². The highest BCUT2D eigenvalue weighted by Gasteiger charge is 2.21. The van der Waals surface area contributed by atoms with Gasteiger partial charge in [0.25, 0.3) is 0 Å². The molecule has 0 spiro atoms. The van der Waals surface area contributed by atoms with Crippen molar-refractivity contribution < 1.29 is 9.47 Å². The van der Waals surface area contributed by atoms with E-state index < -0.39 is 0 Å². The molecule has 5 heteroatoms. The zero-order valence-corrected chi connectivity index (χ0v) is 16.2. The quantitative estimate of drug-likeness (QED) is 0.763. The molecular weight excluding hydrogens is 344 g/mol. The highest BCUT2D eigenvalue weighted by molar-refractivity contribution is 7.80. The molecule has 3 rings (SSSR count). The van der Waals surface area contributed by atoms with Gasteiger partial charge < -0.3 is 19.7 Å². The van der Waals surface area contributed by atoms with E-state index in [1.807, 2.05) is 24.3 Å². The van der Waals surface area contributed by atoms with Crippen LogP contribution in [-0.4, -0.2) is 36.4 Å². The third-order valence-corrected chi connectivity index (χ3v) is 4.87. The van der Waals surface area contributed by atoms with Gasteiger partial charge in [-0.05, 0) is 67.4 Å². The van der Waals surface area contributed by atoms with Crippen LogP contribution in [0.15, 0.2) is 48.5 Å². The normalized spacial score (nSPS) is 16.3. The van der Waals surface area contributed by atoms with Crippen LogP contribution < -0.4 is 10.1 Å². The number of ether oxygens (including phenoxy) is 2. The van der Waals surface area contributed by atoms with Crippen LogP contribution in [0.3, 0.4) is 0 Å². The molecule has 1 N–H and O–H groups in total. The first-order valence-corrected chi connectivity index (χ1v) is 9.42. The molecular formula is C21H26N2O2S. The summed E-state index contributed by atoms with van der Waals surface area (Å²) < 4.78 is 11.2. The SMILES string of the molecule is COc1cccc(CN(CC2CCCO2)C(=S)Nc2cccc(C)c2)c1. The predicted octanol–water partition coefficient (Wildman–Crippen LogP) is 4.38. The van der Waals surface area contributed by atoms with Gasteiger partial charge in [-0.25, -0.2) is 0 Å². The molecule has 26 heavy (non-hydrogen) atoms. The molecule has 0 aromatic heterocycles. The second-order valence-corrected chi connectivity index (χ2v) is 7.05. The van der Waals surface area contributed by atoms with Gasteiger partial charge in [0.05, 0.1) is 13.2 Å². The molecule has 4 nitrogen and oxygen atoms in total. The van der Waals surface area contributed by atoms with E-state index in [9.17, 15) is 0 Å². The summed E-state index contributed by atoms with van der Waals surface area (Å²) in [5.74, 6) is 0.858. The fourth-order valence-corrected chi connectivity index (χ4v) is 3.43. The number of benzene rings is 2. The molecule has 1 atom stereocenters. The summed E-state index contributed by atoms with van der Waals surface area (Å²) in [6, 6.07) is 16.4. The molecule has 1 unspecified atom stereocenters. The van der Waals surface area contributed by atoms with Crippen molar-refractivity contribution in [3.05, 3.63) is 59.7 Å². The lowest BCUT2D eigenvalue weighted by Crippen LogP contribution is -2.39. The Bertz CT molecular complexity index is 744. The Hall–Kier alpha value is -2.11. The third-order valence-electron chi connectivity index (χ3n) is 4.51. The van der Waals surface area contributed by atoms with E-state index in [-0.39, 0.29) is 6.10 Å². The van der Waals surface area contributed by atoms with Gasteiger partial charge in [-0.3, -0.25) is 0 Å². The lowest BCUT2D eigenvalue weighted by Gasteiger charge is -2.28. The van der Waals surface area contributed by atoms with Gasteiger partial charge in [-0.2, -0.15) is 0 Å². The minimum atomic E-state index is 0.234. The molecule has 1 aliphatic rings. The summed E-state index contributed by atoms with van der Waals surface area (Å²) >= 11 is 5.72. The molecule has 2 aromatic carbocycles. The van der Waals surface area contributed by atoms with Crippen molar-refractivity contribution in [2.24, 2.45) is 0 Å². The lowest BCUT2D eigenvalue weighted by atomic mass is 10.1. The van der Waals surface area contributed by atoms with Crippen molar-refractivity contribution in [1.82, 2.24) is 4.90 Å². The average molecular weight is 371 g/mol. The molecule has 1 fully saturated rings. The van der Waals surface area contributed by atoms with Crippen molar-refractivity contribution in [2.75, 3.05) is 25.6 Å². The second-order valence-electron chi connectivity index (χ2n) is 6.67. The van der Waals surface area contributed by atoms with Gasteiger partial charge in [-0.1, -0.05) is 24.3 Å². The van der Waals surface area contributed by atoms with Crippen LogP contribution in [0.1, 0.15) is 24.0 Å². The van der Waals surface area contributed by atoms with Crippen LogP contribution in [0.2, 0.25) is 0 Å². The fraction of sp³-hybridized carbons (Fsp3) is 0.381. The van der Waals surface area contributed by atoms with E-state index in [2.05, 4.69) is 41.4 Å². The summed E-state index contributed by atoms with van der Waals surface area (Å²) in [5.41, 5.74) is 3.38. The molecule has 0 bridgehead atoms. The minimum absolute atomic E-state index is 0.234. The van der Waals surface area contributed by atoms with E-state index in [0.717, 1.165) is 43.0 Å². The van der Waals surface area contributed by atoms with Crippen LogP contribution in [0.5, 0.6) is 5.75 Å². The zero-order chi connectivity index (χ0) is 18.4. The molecule has 1 saturated heterocycles. The van der Waals surface area contributed by atoms with Crippen molar-refractivity contribution in [3.63, 3.8) is 0 Å². The van der Waals surface area contributed by atoms with E-state index in [1.165, 1.54) is 5.56 Å². The number of hydrogen-bond donors (Lipinski definition) is 1. The molecule has 1 aliphatic heterocycles. The summed E-state index contributed by atoms with van der Waals surface area (Å²) in [7, 11) is 1.69. The molecule has 0 radical (unpaired) electrons. The van der Waals surface area contributed by atoms with Gasteiger partial charge >= 0.3 is 0 Å². The van der Waals surface area contributed by atoms with Crippen molar-refractivity contribution in [2.45, 2.75) is 32.4 Å². The highest BCUT2D eigenvalue weighted by Crippen LogP contribution is 2.19. The van der Waals surface area contributed by atoms with E-state index in [4.69, 9.17) is 21.7 Å². The van der Waals surface area contributed by atoms with Crippen molar-refractivity contribution >= 4 is 23.0 Å². The maximum absolute atomic E-state index is 5.83. The number of aryl methyl sites for hydroxylation is 1. The molecule has 0 aliphatic carbocycles. The van der Waals surface area contributed by atoms with Crippen LogP contribution >= 0.6 is 12.2 Å². The Morgan fingerprint density at radius 1 is 1.27 bits per heavy atom. The van der Waals surface area contributed by atoms with Gasteiger partial charge in [-0.15, -0.1) is 0 Å². The molecule has 0 amide bonds. The second kappa shape index (κ2) is 9.01. The Morgan fingerprint density at radius 3 is 2.85 bits per heavy atom. The topological polar surface area (TPSA) is 33.7 Å². The predicted molar refractivity (Wildman–Crippen MR) is 110 cm³/mol. The van der Waals surface area contributed by atoms with Gasteiger partial charge in [0, 0.05) is 25.4 Å². The standard InChI is InChI=1S/C21H26N2O2S/c1-16-6-3-8-18(12-16)22-21(26)23(15-20-10-5-11-25-20)14-17-7-4-9-19(13-17)24-2/h3-4,6-9,12-13,20H,5,10-11,14-15H2,1-2H3,(H,22,26). The van der Waals surface area contributed by atoms with Crippen LogP contribution in [0.4, 0.5) is 5.69 Å². The number of methoxy groups -OCH3 is 1. The Kier molecular flexibility index (Phi) is 6.47. The Balaban J connectivity index is 1.73. The van der Waals surface area contributed by atoms with Crippen LogP contribution in [-0.2, 0) is 11.3 Å². The average Bonchev–Trinajstić information content (AvgIpc) is 3.14. The van der Waals surface area contributed by atoms with Crippen molar-refractivity contribution in [3.8, 4) is 5.75 Å². The summed E-state index contributed by atoms with van der Waals surface area (Å²) in [5, 5.41) is 4.09. The van der Waals surface area contributed by atoms with E-state index in [0.29, 0.717) is 11.7 Å². The highest BCUT2D eigenvalue weighted by atomic mass is 32.1. The lowest BCUT2D eigenvalue weighted by molar-refractivity contribution is 0.0905. The van der Waals surface area contributed by atoms with Crippen LogP contribution in [0, 0.1) is 6.92 Å². The molecule has 0 saturated carbocycles. The first-order valence-electron chi connectivity index (χ1n) is 9.01. The minimum Gasteiger partial charge on any atom is -0.497 e. The first-order chi connectivity index (χ1) is 12.6. The number of nitrogens with one attached hydrogen (secondary N) is 1. The number of rotatable bonds is 6. The number of anilines is 1. The third kappa shape index (κ3) is 5.19. The monoisotopic (exact) mass is 370 g/mol. The van der Waals surface area contributed by atoms with E-state index >= 15 is 0 Å². The van der Waals surface area contributed by atoms with Crippen LogP contribution in [0.25, 0.3) is 0 Å². The summed E-state index contributed by atoms with van der Waals surface area (Å²) in [4.78, 5) is 2.18. The number of nitrogens with zero attached hydrogens (tertiary/aromatic N) is 1. The maximum Gasteiger partial charge on any atom is 0.173 e. The van der Waals surface area contributed by atoms with E-state index in [1.54, 1.807) is 7.11 Å². The summed E-state index contributed by atoms with van der Waals surface area (Å²) in [6.45, 7) is 4.42. The van der Waals surface area contributed by atoms with Gasteiger partial charge in [0.1, 0.15) is 5.75 Å². The largest absolute Gasteiger partial charge is 0.497 e. The summed E-state index contributed by atoms with van der Waals surface area (Å²) in [6.07, 6.45) is 2.44. The smallest absolute Gasteiger partial charge is 0.173 e. The number of thiocarbonyl (C=S) groups is 1. The fourth-order valence-electron chi connectivity index (χ4n) is 3.17. The Morgan fingerprint density at radius 2 is 2.12 bits per heavy atom. The first kappa shape index (κ1) is 18.7. The number of hydrogen-bond acceptors (Lipinski definition) is 3. The maximum atomic E-state index is 5.83. The molecule has 2 aromatic rings. The molecule has 138 valence electrons. The van der Waals surface area contributed by atoms with Gasteiger partial charge in [0.15, 0.2) is 5.11 Å². The Labute approximate surface area is 161 Å². The van der Waals surface area contributed by atoms with Crippen molar-refractivity contribution in [1.29, 1.82) is 0 Å².